The molecule has 0 unspecified atom stereocenters. The molecule has 162 valence electrons. The molecule has 1 aromatic heterocycles. The number of carbonyl (C=O) groups is 2. The van der Waals surface area contributed by atoms with E-state index in [9.17, 15) is 14.0 Å². The van der Waals surface area contributed by atoms with Crippen molar-refractivity contribution in [3.8, 4) is 5.69 Å². The van der Waals surface area contributed by atoms with Crippen molar-refractivity contribution in [2.45, 2.75) is 20.8 Å². The van der Waals surface area contributed by atoms with E-state index < -0.39 is 17.6 Å². The fourth-order valence-electron chi connectivity index (χ4n) is 3.79. The minimum atomic E-state index is -0.618. The second kappa shape index (κ2) is 8.33. The maximum Gasteiger partial charge on any atom is 0.270 e. The zero-order valence-corrected chi connectivity index (χ0v) is 19.1. The molecule has 1 N–H and O–H groups in total. The van der Waals surface area contributed by atoms with Gasteiger partial charge in [0.25, 0.3) is 11.8 Å². The van der Waals surface area contributed by atoms with Gasteiger partial charge >= 0.3 is 0 Å². The summed E-state index contributed by atoms with van der Waals surface area (Å²) in [6.45, 7) is 5.82. The maximum absolute atomic E-state index is 13.7. The zero-order chi connectivity index (χ0) is 23.2. The van der Waals surface area contributed by atoms with Gasteiger partial charge in [0.15, 0.2) is 5.11 Å². The normalized spacial score (nSPS) is 15.5. The molecule has 0 atom stereocenters. The highest BCUT2D eigenvalue weighted by molar-refractivity contribution is 7.80. The van der Waals surface area contributed by atoms with Crippen molar-refractivity contribution in [2.24, 2.45) is 0 Å². The van der Waals surface area contributed by atoms with E-state index in [-0.39, 0.29) is 16.4 Å². The van der Waals surface area contributed by atoms with Crippen LogP contribution in [0.15, 0.2) is 54.1 Å². The third-order valence-corrected chi connectivity index (χ3v) is 5.87. The van der Waals surface area contributed by atoms with Gasteiger partial charge < -0.3 is 4.57 Å². The lowest BCUT2D eigenvalue weighted by Crippen LogP contribution is -2.54. The number of hydrogen-bond donors (Lipinski definition) is 1. The third-order valence-electron chi connectivity index (χ3n) is 5.35. The van der Waals surface area contributed by atoms with Crippen molar-refractivity contribution in [3.63, 3.8) is 0 Å². The molecule has 4 rings (SSSR count). The number of nitrogens with zero attached hydrogens (tertiary/aromatic N) is 2. The summed E-state index contributed by atoms with van der Waals surface area (Å²) >= 11 is 11.4. The lowest BCUT2D eigenvalue weighted by Gasteiger charge is -2.28. The first-order valence-corrected chi connectivity index (χ1v) is 10.6. The number of aromatic nitrogens is 1. The van der Waals surface area contributed by atoms with E-state index in [4.69, 9.17) is 23.8 Å². The Morgan fingerprint density at radius 3 is 2.53 bits per heavy atom. The summed E-state index contributed by atoms with van der Waals surface area (Å²) < 4.78 is 15.7. The van der Waals surface area contributed by atoms with Gasteiger partial charge in [0.1, 0.15) is 11.4 Å². The van der Waals surface area contributed by atoms with Gasteiger partial charge in [-0.25, -0.2) is 4.39 Å². The van der Waals surface area contributed by atoms with Crippen LogP contribution >= 0.6 is 23.8 Å². The van der Waals surface area contributed by atoms with Crippen LogP contribution in [-0.2, 0) is 9.59 Å². The predicted molar refractivity (Wildman–Crippen MR) is 128 cm³/mol. The Bertz CT molecular complexity index is 1330. The Morgan fingerprint density at radius 1 is 1.06 bits per heavy atom. The summed E-state index contributed by atoms with van der Waals surface area (Å²) in [7, 11) is 0. The number of carbonyl (C=O) groups excluding carboxylic acids is 2. The van der Waals surface area contributed by atoms with Crippen LogP contribution in [0.5, 0.6) is 0 Å². The Morgan fingerprint density at radius 2 is 1.81 bits per heavy atom. The lowest BCUT2D eigenvalue weighted by atomic mass is 10.1. The number of rotatable bonds is 3. The average molecular weight is 468 g/mol. The van der Waals surface area contributed by atoms with Gasteiger partial charge in [0.05, 0.1) is 5.69 Å². The molecule has 1 saturated heterocycles. The molecule has 0 spiro atoms. The van der Waals surface area contributed by atoms with Crippen LogP contribution in [0.3, 0.4) is 0 Å². The number of benzene rings is 2. The molecule has 1 fully saturated rings. The molecule has 2 heterocycles. The van der Waals surface area contributed by atoms with E-state index in [1.165, 1.54) is 24.3 Å². The summed E-state index contributed by atoms with van der Waals surface area (Å²) in [6.07, 6.45) is 1.53. The Labute approximate surface area is 195 Å². The molecule has 2 amide bonds. The fraction of sp³-hybridized carbons (Fsp3) is 0.125. The van der Waals surface area contributed by atoms with Crippen LogP contribution in [0.4, 0.5) is 10.1 Å². The van der Waals surface area contributed by atoms with Crippen molar-refractivity contribution in [1.29, 1.82) is 0 Å². The number of halogens is 2. The standard InChI is InChI=1S/C24H19ClFN3O2S/c1-13-7-8-17(25)11-21(13)28-14(2)9-16(15(28)3)10-20-22(30)27-24(32)29(23(20)31)19-6-4-5-18(26)12-19/h4-12H,1-3H3,(H,27,30,32)/b20-10+. The molecule has 8 heteroatoms. The molecule has 5 nitrogen and oxygen atoms in total. The zero-order valence-electron chi connectivity index (χ0n) is 17.6. The Kier molecular flexibility index (Phi) is 5.71. The van der Waals surface area contributed by atoms with Gasteiger partial charge in [-0.2, -0.15) is 0 Å². The predicted octanol–water partition coefficient (Wildman–Crippen LogP) is 5.03. The average Bonchev–Trinajstić information content (AvgIpc) is 3.00. The van der Waals surface area contributed by atoms with Crippen LogP contribution in [0.1, 0.15) is 22.5 Å². The number of thiocarbonyl (C=S) groups is 1. The van der Waals surface area contributed by atoms with E-state index in [0.29, 0.717) is 10.6 Å². The van der Waals surface area contributed by atoms with E-state index in [1.54, 1.807) is 6.07 Å². The van der Waals surface area contributed by atoms with Crippen molar-refractivity contribution in [3.05, 3.63) is 87.5 Å². The second-order valence-corrected chi connectivity index (χ2v) is 8.35. The van der Waals surface area contributed by atoms with Crippen LogP contribution < -0.4 is 10.2 Å². The molecule has 3 aromatic rings. The highest BCUT2D eigenvalue weighted by Gasteiger charge is 2.35. The lowest BCUT2D eigenvalue weighted by molar-refractivity contribution is -0.122. The van der Waals surface area contributed by atoms with Crippen molar-refractivity contribution < 1.29 is 14.0 Å². The number of aryl methyl sites for hydroxylation is 2. The minimum Gasteiger partial charge on any atom is -0.318 e. The van der Waals surface area contributed by atoms with Crippen molar-refractivity contribution in [2.75, 3.05) is 4.90 Å². The molecule has 32 heavy (non-hydrogen) atoms. The Balaban J connectivity index is 1.79. The van der Waals surface area contributed by atoms with E-state index in [2.05, 4.69) is 5.32 Å². The third kappa shape index (κ3) is 3.85. The molecule has 0 radical (unpaired) electrons. The molecular weight excluding hydrogens is 449 g/mol. The molecule has 1 aliphatic heterocycles. The summed E-state index contributed by atoms with van der Waals surface area (Å²) in [5.41, 5.74) is 4.56. The van der Waals surface area contributed by atoms with E-state index in [1.807, 2.05) is 49.6 Å². The first-order valence-electron chi connectivity index (χ1n) is 9.80. The summed E-state index contributed by atoms with van der Waals surface area (Å²) in [6, 6.07) is 13.0. The summed E-state index contributed by atoms with van der Waals surface area (Å²) in [4.78, 5) is 26.9. The number of nitrogens with one attached hydrogen (secondary N) is 1. The number of anilines is 1. The topological polar surface area (TPSA) is 54.3 Å². The van der Waals surface area contributed by atoms with Gasteiger partial charge in [-0.15, -0.1) is 0 Å². The largest absolute Gasteiger partial charge is 0.318 e. The quantitative estimate of drug-likeness (QED) is 0.334. The van der Waals surface area contributed by atoms with Crippen molar-refractivity contribution >= 4 is 52.5 Å². The monoisotopic (exact) mass is 467 g/mol. The van der Waals surface area contributed by atoms with E-state index >= 15 is 0 Å². The molecular formula is C24H19ClFN3O2S. The first kappa shape index (κ1) is 21.9. The van der Waals surface area contributed by atoms with Crippen LogP contribution in [-0.4, -0.2) is 21.5 Å². The molecule has 0 bridgehead atoms. The molecule has 0 aliphatic carbocycles. The van der Waals surface area contributed by atoms with Gasteiger partial charge in [-0.05, 0) is 86.6 Å². The smallest absolute Gasteiger partial charge is 0.270 e. The number of amides is 2. The van der Waals surface area contributed by atoms with Gasteiger partial charge in [-0.3, -0.25) is 19.8 Å². The van der Waals surface area contributed by atoms with E-state index in [0.717, 1.165) is 27.5 Å². The summed E-state index contributed by atoms with van der Waals surface area (Å²) in [5.74, 6) is -1.73. The summed E-state index contributed by atoms with van der Waals surface area (Å²) in [5, 5.41) is 3.04. The van der Waals surface area contributed by atoms with Gasteiger partial charge in [-0.1, -0.05) is 23.7 Å². The molecule has 2 aromatic carbocycles. The molecule has 0 saturated carbocycles. The van der Waals surface area contributed by atoms with Crippen LogP contribution in [0.25, 0.3) is 11.8 Å². The highest BCUT2D eigenvalue weighted by Crippen LogP contribution is 2.28. The number of hydrogen-bond acceptors (Lipinski definition) is 3. The van der Waals surface area contributed by atoms with Gasteiger partial charge in [0.2, 0.25) is 0 Å². The van der Waals surface area contributed by atoms with Crippen molar-refractivity contribution in [1.82, 2.24) is 9.88 Å². The van der Waals surface area contributed by atoms with Gasteiger partial charge in [0, 0.05) is 22.1 Å². The first-order chi connectivity index (χ1) is 15.2. The minimum absolute atomic E-state index is 0.0917. The van der Waals surface area contributed by atoms with Crippen LogP contribution in [0, 0.1) is 26.6 Å². The molecule has 1 aliphatic rings. The highest BCUT2D eigenvalue weighted by atomic mass is 35.5. The van der Waals surface area contributed by atoms with Crippen LogP contribution in [0.2, 0.25) is 5.02 Å². The maximum atomic E-state index is 13.7. The Hall–Kier alpha value is -3.29. The second-order valence-electron chi connectivity index (χ2n) is 7.53. The fourth-order valence-corrected chi connectivity index (χ4v) is 4.24. The SMILES string of the molecule is Cc1ccc(Cl)cc1-n1c(C)cc(/C=C2\C(=O)NC(=S)N(c3cccc(F)c3)C2=O)c1C.